The smallest absolute Gasteiger partial charge is 0.137 e. The van der Waals surface area contributed by atoms with Gasteiger partial charge in [-0.3, -0.25) is 4.90 Å². The summed E-state index contributed by atoms with van der Waals surface area (Å²) < 4.78 is 2.10. The summed E-state index contributed by atoms with van der Waals surface area (Å²) in [6.45, 7) is 8.91. The molecule has 3 rings (SSSR count). The highest BCUT2D eigenvalue weighted by atomic mass is 15.3. The SMILES string of the molecule is CCN1CCN(Cc2cnc3ccc(N)cn23)CC1. The fraction of sp³-hybridized carbons (Fsp3) is 0.500. The van der Waals surface area contributed by atoms with E-state index in [-0.39, 0.29) is 0 Å². The number of fused-ring (bicyclic) bond motifs is 1. The molecule has 1 aliphatic rings. The molecular weight excluding hydrogens is 238 g/mol. The maximum Gasteiger partial charge on any atom is 0.137 e. The quantitative estimate of drug-likeness (QED) is 0.895. The Labute approximate surface area is 113 Å². The second-order valence-corrected chi connectivity index (χ2v) is 5.15. The van der Waals surface area contributed by atoms with Crippen LogP contribution in [-0.2, 0) is 6.54 Å². The number of rotatable bonds is 3. The van der Waals surface area contributed by atoms with E-state index in [0.29, 0.717) is 0 Å². The summed E-state index contributed by atoms with van der Waals surface area (Å²) >= 11 is 0. The van der Waals surface area contributed by atoms with Gasteiger partial charge in [-0.1, -0.05) is 6.92 Å². The summed E-state index contributed by atoms with van der Waals surface area (Å²) in [5.41, 5.74) is 8.82. The fourth-order valence-corrected chi connectivity index (χ4v) is 2.66. The number of hydrogen-bond donors (Lipinski definition) is 1. The Morgan fingerprint density at radius 3 is 2.63 bits per heavy atom. The van der Waals surface area contributed by atoms with Gasteiger partial charge in [-0.05, 0) is 18.7 Å². The van der Waals surface area contributed by atoms with Gasteiger partial charge in [0.05, 0.1) is 11.9 Å². The second kappa shape index (κ2) is 5.19. The van der Waals surface area contributed by atoms with Gasteiger partial charge in [0.15, 0.2) is 0 Å². The lowest BCUT2D eigenvalue weighted by atomic mass is 10.3. The molecule has 0 spiro atoms. The van der Waals surface area contributed by atoms with Crippen molar-refractivity contribution >= 4 is 11.3 Å². The van der Waals surface area contributed by atoms with Gasteiger partial charge in [0.2, 0.25) is 0 Å². The molecule has 2 aromatic heterocycles. The summed E-state index contributed by atoms with van der Waals surface area (Å²) in [6.07, 6.45) is 3.92. The zero-order valence-electron chi connectivity index (χ0n) is 11.4. The van der Waals surface area contributed by atoms with E-state index < -0.39 is 0 Å². The van der Waals surface area contributed by atoms with E-state index in [2.05, 4.69) is 26.1 Å². The highest BCUT2D eigenvalue weighted by Crippen LogP contribution is 2.13. The first-order valence-electron chi connectivity index (χ1n) is 6.92. The largest absolute Gasteiger partial charge is 0.398 e. The van der Waals surface area contributed by atoms with Crippen LogP contribution in [0.1, 0.15) is 12.6 Å². The fourth-order valence-electron chi connectivity index (χ4n) is 2.66. The third-order valence-corrected chi connectivity index (χ3v) is 3.90. The summed E-state index contributed by atoms with van der Waals surface area (Å²) in [6, 6.07) is 3.86. The molecule has 1 saturated heterocycles. The second-order valence-electron chi connectivity index (χ2n) is 5.15. The molecule has 0 bridgehead atoms. The Morgan fingerprint density at radius 1 is 1.16 bits per heavy atom. The van der Waals surface area contributed by atoms with E-state index in [1.54, 1.807) is 0 Å². The number of hydrogen-bond acceptors (Lipinski definition) is 4. The molecule has 102 valence electrons. The number of likely N-dealkylation sites (N-methyl/N-ethyl adjacent to an activating group) is 1. The van der Waals surface area contributed by atoms with Gasteiger partial charge in [0.1, 0.15) is 5.65 Å². The van der Waals surface area contributed by atoms with Crippen LogP contribution in [0.2, 0.25) is 0 Å². The molecule has 0 aliphatic carbocycles. The summed E-state index contributed by atoms with van der Waals surface area (Å²) in [4.78, 5) is 9.40. The Bertz CT molecular complexity index is 554. The average molecular weight is 259 g/mol. The maximum absolute atomic E-state index is 5.85. The van der Waals surface area contributed by atoms with E-state index in [9.17, 15) is 0 Å². The molecule has 19 heavy (non-hydrogen) atoms. The van der Waals surface area contributed by atoms with Crippen molar-refractivity contribution in [2.24, 2.45) is 0 Å². The first kappa shape index (κ1) is 12.4. The zero-order chi connectivity index (χ0) is 13.2. The van der Waals surface area contributed by atoms with Crippen molar-refractivity contribution in [1.82, 2.24) is 19.2 Å². The molecule has 1 aliphatic heterocycles. The molecule has 0 saturated carbocycles. The monoisotopic (exact) mass is 259 g/mol. The molecule has 1 fully saturated rings. The van der Waals surface area contributed by atoms with Crippen LogP contribution in [0.15, 0.2) is 24.5 Å². The van der Waals surface area contributed by atoms with Crippen LogP contribution in [0.4, 0.5) is 5.69 Å². The minimum Gasteiger partial charge on any atom is -0.398 e. The Balaban J connectivity index is 1.73. The molecule has 0 amide bonds. The molecule has 5 nitrogen and oxygen atoms in total. The summed E-state index contributed by atoms with van der Waals surface area (Å²) in [5, 5.41) is 0. The highest BCUT2D eigenvalue weighted by Gasteiger charge is 2.16. The third-order valence-electron chi connectivity index (χ3n) is 3.90. The van der Waals surface area contributed by atoms with Crippen molar-refractivity contribution in [1.29, 1.82) is 0 Å². The number of anilines is 1. The van der Waals surface area contributed by atoms with Crippen LogP contribution in [0.3, 0.4) is 0 Å². The Morgan fingerprint density at radius 2 is 1.89 bits per heavy atom. The third kappa shape index (κ3) is 2.57. The van der Waals surface area contributed by atoms with Crippen molar-refractivity contribution in [3.63, 3.8) is 0 Å². The van der Waals surface area contributed by atoms with Gasteiger partial charge in [-0.2, -0.15) is 0 Å². The van der Waals surface area contributed by atoms with Crippen molar-refractivity contribution in [2.45, 2.75) is 13.5 Å². The summed E-state index contributed by atoms with van der Waals surface area (Å²) in [7, 11) is 0. The summed E-state index contributed by atoms with van der Waals surface area (Å²) in [5.74, 6) is 0. The van der Waals surface area contributed by atoms with Crippen molar-refractivity contribution in [2.75, 3.05) is 38.5 Å². The normalized spacial score (nSPS) is 18.2. The minimum absolute atomic E-state index is 0.780. The molecule has 0 unspecified atom stereocenters. The average Bonchev–Trinajstić information content (AvgIpc) is 2.82. The predicted octanol–water partition coefficient (Wildman–Crippen LogP) is 1.05. The van der Waals surface area contributed by atoms with Gasteiger partial charge in [-0.25, -0.2) is 4.98 Å². The number of aromatic nitrogens is 2. The first-order valence-corrected chi connectivity index (χ1v) is 6.92. The van der Waals surface area contributed by atoms with Crippen LogP contribution in [-0.4, -0.2) is 51.9 Å². The number of imidazole rings is 1. The molecule has 0 aromatic carbocycles. The van der Waals surface area contributed by atoms with Gasteiger partial charge >= 0.3 is 0 Å². The number of nitrogens with zero attached hydrogens (tertiary/aromatic N) is 4. The van der Waals surface area contributed by atoms with Crippen LogP contribution in [0.5, 0.6) is 0 Å². The number of pyridine rings is 1. The van der Waals surface area contributed by atoms with E-state index in [1.165, 1.54) is 5.69 Å². The molecule has 5 heteroatoms. The maximum atomic E-state index is 5.85. The standard InChI is InChI=1S/C14H21N5/c1-2-17-5-7-18(8-6-17)11-13-9-16-14-4-3-12(15)10-19(13)14/h3-4,9-10H,2,5-8,11,15H2,1H3. The minimum atomic E-state index is 0.780. The lowest BCUT2D eigenvalue weighted by Gasteiger charge is -2.33. The lowest BCUT2D eigenvalue weighted by molar-refractivity contribution is 0.130. The van der Waals surface area contributed by atoms with E-state index in [4.69, 9.17) is 5.73 Å². The van der Waals surface area contributed by atoms with Gasteiger partial charge in [0.25, 0.3) is 0 Å². The van der Waals surface area contributed by atoms with Gasteiger partial charge < -0.3 is 15.0 Å². The van der Waals surface area contributed by atoms with Crippen molar-refractivity contribution in [3.05, 3.63) is 30.2 Å². The predicted molar refractivity (Wildman–Crippen MR) is 77.0 cm³/mol. The van der Waals surface area contributed by atoms with Crippen LogP contribution in [0.25, 0.3) is 5.65 Å². The zero-order valence-corrected chi connectivity index (χ0v) is 11.4. The molecular formula is C14H21N5. The highest BCUT2D eigenvalue weighted by molar-refractivity contribution is 5.48. The van der Waals surface area contributed by atoms with E-state index in [0.717, 1.165) is 50.6 Å². The van der Waals surface area contributed by atoms with Gasteiger partial charge in [0, 0.05) is 44.6 Å². The van der Waals surface area contributed by atoms with Crippen LogP contribution >= 0.6 is 0 Å². The van der Waals surface area contributed by atoms with Crippen molar-refractivity contribution in [3.8, 4) is 0 Å². The van der Waals surface area contributed by atoms with Crippen LogP contribution < -0.4 is 5.73 Å². The topological polar surface area (TPSA) is 49.8 Å². The van der Waals surface area contributed by atoms with E-state index in [1.807, 2.05) is 24.5 Å². The Hall–Kier alpha value is -1.59. The number of piperazine rings is 1. The number of nitrogen functional groups attached to an aromatic ring is 1. The number of nitrogens with two attached hydrogens (primary N) is 1. The molecule has 0 atom stereocenters. The van der Waals surface area contributed by atoms with E-state index >= 15 is 0 Å². The van der Waals surface area contributed by atoms with Crippen molar-refractivity contribution < 1.29 is 0 Å². The molecule has 2 aromatic rings. The first-order chi connectivity index (χ1) is 9.26. The Kier molecular flexibility index (Phi) is 3.40. The van der Waals surface area contributed by atoms with Crippen LogP contribution in [0, 0.1) is 0 Å². The molecule has 2 N–H and O–H groups in total. The lowest BCUT2D eigenvalue weighted by Crippen LogP contribution is -2.45. The van der Waals surface area contributed by atoms with Gasteiger partial charge in [-0.15, -0.1) is 0 Å². The molecule has 0 radical (unpaired) electrons. The molecule has 3 heterocycles.